The summed E-state index contributed by atoms with van der Waals surface area (Å²) in [5, 5.41) is 3.26. The Kier molecular flexibility index (Phi) is 6.81. The van der Waals surface area contributed by atoms with Crippen LogP contribution in [0.15, 0.2) is 30.3 Å². The Hall–Kier alpha value is -1.01. The minimum atomic E-state index is -5.67. The molecule has 0 spiro atoms. The summed E-state index contributed by atoms with van der Waals surface area (Å²) >= 11 is 0. The molecule has 0 atom stereocenters. The molecule has 0 aliphatic heterocycles. The third kappa shape index (κ3) is 13.0. The lowest BCUT2D eigenvalue weighted by Gasteiger charge is -1.99. The molecule has 0 fully saturated rings. The Balaban J connectivity index is 0.000000336. The van der Waals surface area contributed by atoms with Crippen LogP contribution in [0.1, 0.15) is 12.5 Å². The minimum absolute atomic E-state index is 0.983. The van der Waals surface area contributed by atoms with E-state index in [1.54, 1.807) is 0 Å². The second kappa shape index (κ2) is 7.30. The third-order valence-corrected chi connectivity index (χ3v) is 1.42. The first kappa shape index (κ1) is 14.0. The van der Waals surface area contributed by atoms with Gasteiger partial charge in [0.25, 0.3) is 0 Å². The van der Waals surface area contributed by atoms with Crippen LogP contribution in [0.5, 0.6) is 0 Å². The molecular weight excluding hydrogens is 224 g/mol. The maximum absolute atomic E-state index is 9.99. The molecule has 0 unspecified atom stereocenters. The Morgan fingerprint density at radius 3 is 2.07 bits per heavy atom. The molecule has 6 heteroatoms. The number of rotatable bonds is 3. The predicted octanol–water partition coefficient (Wildman–Crippen LogP) is 1.97. The summed E-state index contributed by atoms with van der Waals surface area (Å²) < 4.78 is 36.6. The van der Waals surface area contributed by atoms with Crippen LogP contribution in [0.4, 0.5) is 7.77 Å². The zero-order valence-electron chi connectivity index (χ0n) is 8.28. The Morgan fingerprint density at radius 1 is 1.20 bits per heavy atom. The second-order valence-electron chi connectivity index (χ2n) is 2.64. The molecule has 0 saturated carbocycles. The van der Waals surface area contributed by atoms with Crippen molar-refractivity contribution >= 4 is 10.6 Å². The average Bonchev–Trinajstić information content (AvgIpc) is 2.14. The van der Waals surface area contributed by atoms with Crippen molar-refractivity contribution in [1.29, 1.82) is 0 Å². The highest BCUT2D eigenvalue weighted by molar-refractivity contribution is 7.81. The molecule has 0 bridgehead atoms. The van der Waals surface area contributed by atoms with Crippen molar-refractivity contribution in [3.63, 3.8) is 0 Å². The maximum Gasteiger partial charge on any atom is 0.476 e. The van der Waals surface area contributed by atoms with Crippen molar-refractivity contribution < 1.29 is 16.2 Å². The second-order valence-corrected chi connectivity index (χ2v) is 3.40. The van der Waals surface area contributed by atoms with Crippen molar-refractivity contribution in [1.82, 2.24) is 5.32 Å². The number of halogens is 2. The predicted molar refractivity (Wildman–Crippen MR) is 55.0 cm³/mol. The molecule has 86 valence electrons. The van der Waals surface area contributed by atoms with E-state index in [9.17, 15) is 7.77 Å². The van der Waals surface area contributed by atoms with Gasteiger partial charge in [0.15, 0.2) is 0 Å². The lowest BCUT2D eigenvalue weighted by atomic mass is 10.2. The summed E-state index contributed by atoms with van der Waals surface area (Å²) in [7, 11) is -5.67. The standard InChI is InChI=1S/C9H13N.F2O2S/c1-2-10-8-9-6-4-3-5-7-9;1-5(2,3)4/h3-7,10H,2,8H2,1H3;. The van der Waals surface area contributed by atoms with Crippen molar-refractivity contribution in [3.05, 3.63) is 35.9 Å². The van der Waals surface area contributed by atoms with Crippen molar-refractivity contribution in [2.24, 2.45) is 0 Å². The van der Waals surface area contributed by atoms with Gasteiger partial charge in [-0.15, -0.1) is 0 Å². The lowest BCUT2D eigenvalue weighted by molar-refractivity contribution is 0.501. The number of benzene rings is 1. The summed E-state index contributed by atoms with van der Waals surface area (Å²) in [5.74, 6) is 0. The first-order valence-electron chi connectivity index (χ1n) is 4.32. The largest absolute Gasteiger partial charge is 0.476 e. The van der Waals surface area contributed by atoms with Gasteiger partial charge >= 0.3 is 10.6 Å². The van der Waals surface area contributed by atoms with Crippen LogP contribution in [-0.4, -0.2) is 15.0 Å². The number of hydrogen-bond acceptors (Lipinski definition) is 3. The van der Waals surface area contributed by atoms with Crippen LogP contribution < -0.4 is 5.32 Å². The van der Waals surface area contributed by atoms with Crippen molar-refractivity contribution in [2.45, 2.75) is 13.5 Å². The van der Waals surface area contributed by atoms with E-state index in [1.807, 2.05) is 6.07 Å². The van der Waals surface area contributed by atoms with Gasteiger partial charge in [-0.05, 0) is 12.1 Å². The summed E-state index contributed by atoms with van der Waals surface area (Å²) in [6, 6.07) is 10.4. The fourth-order valence-corrected chi connectivity index (χ4v) is 0.865. The van der Waals surface area contributed by atoms with Crippen LogP contribution in [-0.2, 0) is 17.2 Å². The summed E-state index contributed by atoms with van der Waals surface area (Å²) in [6.07, 6.45) is 0. The van der Waals surface area contributed by atoms with E-state index in [-0.39, 0.29) is 0 Å². The van der Waals surface area contributed by atoms with Crippen LogP contribution in [0.2, 0.25) is 0 Å². The van der Waals surface area contributed by atoms with E-state index >= 15 is 0 Å². The topological polar surface area (TPSA) is 46.2 Å². The molecule has 0 saturated heterocycles. The molecule has 1 rings (SSSR count). The Bertz CT molecular complexity index is 346. The van der Waals surface area contributed by atoms with Crippen LogP contribution in [0.25, 0.3) is 0 Å². The zero-order valence-corrected chi connectivity index (χ0v) is 9.10. The molecule has 1 aromatic rings. The average molecular weight is 237 g/mol. The van der Waals surface area contributed by atoms with Gasteiger partial charge in [0, 0.05) is 6.54 Å². The van der Waals surface area contributed by atoms with Crippen molar-refractivity contribution in [2.75, 3.05) is 6.54 Å². The molecule has 0 aliphatic rings. The van der Waals surface area contributed by atoms with Gasteiger partial charge in [0.2, 0.25) is 0 Å². The van der Waals surface area contributed by atoms with Crippen LogP contribution in [0.3, 0.4) is 0 Å². The fourth-order valence-electron chi connectivity index (χ4n) is 0.865. The van der Waals surface area contributed by atoms with Gasteiger partial charge in [0.1, 0.15) is 0 Å². The minimum Gasteiger partial charge on any atom is -0.313 e. The third-order valence-electron chi connectivity index (χ3n) is 1.42. The monoisotopic (exact) mass is 237 g/mol. The summed E-state index contributed by atoms with van der Waals surface area (Å²) in [6.45, 7) is 4.13. The van der Waals surface area contributed by atoms with E-state index in [1.165, 1.54) is 5.56 Å². The molecule has 0 amide bonds. The summed E-state index contributed by atoms with van der Waals surface area (Å²) in [4.78, 5) is 0. The molecule has 0 heterocycles. The first-order valence-corrected chi connectivity index (χ1v) is 5.60. The Morgan fingerprint density at radius 2 is 1.67 bits per heavy atom. The van der Waals surface area contributed by atoms with E-state index in [0.29, 0.717) is 0 Å². The van der Waals surface area contributed by atoms with Gasteiger partial charge in [-0.1, -0.05) is 45.0 Å². The van der Waals surface area contributed by atoms with Gasteiger partial charge in [-0.25, -0.2) is 0 Å². The zero-order chi connectivity index (χ0) is 11.7. The summed E-state index contributed by atoms with van der Waals surface area (Å²) in [5.41, 5.74) is 1.35. The highest BCUT2D eigenvalue weighted by atomic mass is 32.3. The lowest BCUT2D eigenvalue weighted by Crippen LogP contribution is -2.11. The van der Waals surface area contributed by atoms with Crippen LogP contribution >= 0.6 is 0 Å². The molecule has 15 heavy (non-hydrogen) atoms. The normalized spacial score (nSPS) is 10.3. The molecular formula is C9H13F2NO2S. The van der Waals surface area contributed by atoms with Gasteiger partial charge in [-0.3, -0.25) is 0 Å². The smallest absolute Gasteiger partial charge is 0.313 e. The van der Waals surface area contributed by atoms with E-state index in [0.717, 1.165) is 13.1 Å². The van der Waals surface area contributed by atoms with Crippen molar-refractivity contribution in [3.8, 4) is 0 Å². The maximum atomic E-state index is 9.99. The molecule has 0 aromatic heterocycles. The van der Waals surface area contributed by atoms with Gasteiger partial charge < -0.3 is 5.32 Å². The SMILES string of the molecule is CCNCc1ccccc1.O=S(=O)(F)F. The molecule has 0 aliphatic carbocycles. The van der Waals surface area contributed by atoms with E-state index in [2.05, 4.69) is 36.5 Å². The van der Waals surface area contributed by atoms with Gasteiger partial charge in [-0.2, -0.15) is 8.42 Å². The highest BCUT2D eigenvalue weighted by Crippen LogP contribution is 1.96. The van der Waals surface area contributed by atoms with Gasteiger partial charge in [0.05, 0.1) is 0 Å². The number of nitrogens with one attached hydrogen (secondary N) is 1. The quantitative estimate of drug-likeness (QED) is 0.817. The van der Waals surface area contributed by atoms with Crippen LogP contribution in [0, 0.1) is 0 Å². The first-order chi connectivity index (χ1) is 6.93. The molecule has 0 radical (unpaired) electrons. The van der Waals surface area contributed by atoms with E-state index in [4.69, 9.17) is 8.42 Å². The van der Waals surface area contributed by atoms with E-state index < -0.39 is 10.6 Å². The Labute approximate surface area is 88.6 Å². The fraction of sp³-hybridized carbons (Fsp3) is 0.333. The number of hydrogen-bond donors (Lipinski definition) is 1. The molecule has 1 aromatic carbocycles. The molecule has 3 nitrogen and oxygen atoms in total. The molecule has 1 N–H and O–H groups in total. The highest BCUT2D eigenvalue weighted by Gasteiger charge is 1.94.